The Labute approximate surface area is 231 Å². The number of nitrogens with one attached hydrogen (secondary N) is 1. The van der Waals surface area contributed by atoms with Crippen LogP contribution in [0.15, 0.2) is 12.1 Å². The second-order valence-electron chi connectivity index (χ2n) is 12.0. The molecule has 2 aromatic carbocycles. The SMILES string of the molecule is Cc1c(-c2c(C)c3c(c(C)c2[C@H](OC(C)(C)C)C(=O)O)CN(C(=O)N2CCCCC2)C3)ccc2c1NCCO2. The van der Waals surface area contributed by atoms with Gasteiger partial charge >= 0.3 is 12.0 Å². The smallest absolute Gasteiger partial charge is 0.337 e. The van der Waals surface area contributed by atoms with Crippen molar-refractivity contribution < 1.29 is 24.2 Å². The number of benzene rings is 2. The van der Waals surface area contributed by atoms with Crippen molar-refractivity contribution in [3.8, 4) is 16.9 Å². The highest BCUT2D eigenvalue weighted by Crippen LogP contribution is 2.47. The van der Waals surface area contributed by atoms with Crippen LogP contribution in [0.2, 0.25) is 0 Å². The lowest BCUT2D eigenvalue weighted by Crippen LogP contribution is -2.43. The third-order valence-corrected chi connectivity index (χ3v) is 8.23. The van der Waals surface area contributed by atoms with Crippen molar-refractivity contribution in [1.29, 1.82) is 0 Å². The lowest BCUT2D eigenvalue weighted by atomic mass is 9.81. The zero-order chi connectivity index (χ0) is 28.1. The zero-order valence-corrected chi connectivity index (χ0v) is 24.1. The molecule has 1 atom stereocenters. The van der Waals surface area contributed by atoms with Crippen molar-refractivity contribution >= 4 is 17.7 Å². The molecule has 0 aliphatic carbocycles. The molecular formula is C31H41N3O5. The fourth-order valence-corrected chi connectivity index (χ4v) is 6.34. The van der Waals surface area contributed by atoms with Crippen LogP contribution in [0.4, 0.5) is 10.5 Å². The van der Waals surface area contributed by atoms with E-state index in [9.17, 15) is 14.7 Å². The first-order chi connectivity index (χ1) is 18.5. The number of carboxylic acids is 1. The zero-order valence-electron chi connectivity index (χ0n) is 24.1. The summed E-state index contributed by atoms with van der Waals surface area (Å²) in [5, 5.41) is 13.9. The summed E-state index contributed by atoms with van der Waals surface area (Å²) in [7, 11) is 0. The van der Waals surface area contributed by atoms with Gasteiger partial charge in [0.2, 0.25) is 0 Å². The van der Waals surface area contributed by atoms with Crippen LogP contribution in [0.3, 0.4) is 0 Å². The standard InChI is InChI=1S/C31H41N3O5/c1-18-22-16-34(30(37)33-13-8-7-9-14-33)17-23(22)19(2)26(28(29(35)36)39-31(4,5)6)25(18)21-10-11-24-27(20(21)3)32-12-15-38-24/h10-11,28,32H,7-9,12-17H2,1-6H3,(H,35,36)/t28-/m0/s1. The lowest BCUT2D eigenvalue weighted by molar-refractivity contribution is -0.160. The van der Waals surface area contributed by atoms with Crippen molar-refractivity contribution in [2.75, 3.05) is 31.6 Å². The average Bonchev–Trinajstić information content (AvgIpc) is 3.36. The first-order valence-electron chi connectivity index (χ1n) is 14.1. The Morgan fingerprint density at radius 1 is 0.974 bits per heavy atom. The quantitative estimate of drug-likeness (QED) is 0.503. The molecule has 3 aliphatic heterocycles. The highest BCUT2D eigenvalue weighted by molar-refractivity contribution is 5.88. The van der Waals surface area contributed by atoms with Crippen molar-refractivity contribution in [3.05, 3.63) is 45.5 Å². The van der Waals surface area contributed by atoms with Crippen LogP contribution in [0.5, 0.6) is 5.75 Å². The van der Waals surface area contributed by atoms with Gasteiger partial charge in [-0.25, -0.2) is 9.59 Å². The molecule has 0 aromatic heterocycles. The molecule has 39 heavy (non-hydrogen) atoms. The second kappa shape index (κ2) is 10.4. The van der Waals surface area contributed by atoms with Gasteiger partial charge in [0.25, 0.3) is 0 Å². The van der Waals surface area contributed by atoms with E-state index >= 15 is 0 Å². The van der Waals surface area contributed by atoms with E-state index < -0.39 is 17.7 Å². The number of nitrogens with zero attached hydrogens (tertiary/aromatic N) is 2. The fraction of sp³-hybridized carbons (Fsp3) is 0.548. The minimum atomic E-state index is -1.16. The van der Waals surface area contributed by atoms with Gasteiger partial charge in [0.15, 0.2) is 6.10 Å². The summed E-state index contributed by atoms with van der Waals surface area (Å²) >= 11 is 0. The Bertz CT molecular complexity index is 1310. The largest absolute Gasteiger partial charge is 0.490 e. The van der Waals surface area contributed by atoms with Crippen LogP contribution in [0.25, 0.3) is 11.1 Å². The van der Waals surface area contributed by atoms with Gasteiger partial charge in [-0.1, -0.05) is 6.07 Å². The summed E-state index contributed by atoms with van der Waals surface area (Å²) in [6.07, 6.45) is 2.09. The molecule has 3 heterocycles. The number of likely N-dealkylation sites (tertiary alicyclic amines) is 1. The number of hydrogen-bond acceptors (Lipinski definition) is 5. The van der Waals surface area contributed by atoms with Crippen molar-refractivity contribution in [1.82, 2.24) is 9.80 Å². The van der Waals surface area contributed by atoms with E-state index in [-0.39, 0.29) is 6.03 Å². The number of fused-ring (bicyclic) bond motifs is 2. The molecule has 5 rings (SSSR count). The normalized spacial score (nSPS) is 17.7. The summed E-state index contributed by atoms with van der Waals surface area (Å²) in [5.41, 5.74) is 7.81. The number of ether oxygens (including phenoxy) is 2. The predicted molar refractivity (Wildman–Crippen MR) is 151 cm³/mol. The number of piperidine rings is 1. The van der Waals surface area contributed by atoms with Gasteiger partial charge in [0.05, 0.1) is 11.3 Å². The number of carbonyl (C=O) groups is 2. The van der Waals surface area contributed by atoms with E-state index in [1.807, 2.05) is 56.6 Å². The molecule has 1 fully saturated rings. The number of aliphatic carboxylic acids is 1. The Kier molecular flexibility index (Phi) is 7.27. The molecule has 2 aromatic rings. The Balaban J connectivity index is 1.68. The highest BCUT2D eigenvalue weighted by atomic mass is 16.5. The van der Waals surface area contributed by atoms with Crippen LogP contribution < -0.4 is 10.1 Å². The summed E-state index contributed by atoms with van der Waals surface area (Å²) < 4.78 is 12.1. The summed E-state index contributed by atoms with van der Waals surface area (Å²) in [5.74, 6) is -0.219. The third-order valence-electron chi connectivity index (χ3n) is 8.23. The molecule has 8 nitrogen and oxygen atoms in total. The molecule has 210 valence electrons. The van der Waals surface area contributed by atoms with Crippen molar-refractivity contribution in [2.24, 2.45) is 0 Å². The predicted octanol–water partition coefficient (Wildman–Crippen LogP) is 5.95. The molecule has 0 unspecified atom stereocenters. The molecule has 1 saturated heterocycles. The topological polar surface area (TPSA) is 91.3 Å². The minimum absolute atomic E-state index is 0.0693. The van der Waals surface area contributed by atoms with Gasteiger partial charge < -0.3 is 29.7 Å². The number of urea groups is 1. The van der Waals surface area contributed by atoms with E-state index in [0.29, 0.717) is 31.8 Å². The van der Waals surface area contributed by atoms with Gasteiger partial charge in [-0.3, -0.25) is 0 Å². The number of amides is 2. The minimum Gasteiger partial charge on any atom is -0.490 e. The Morgan fingerprint density at radius 3 is 2.28 bits per heavy atom. The molecule has 3 aliphatic rings. The molecule has 0 bridgehead atoms. The molecule has 2 amide bonds. The molecule has 0 saturated carbocycles. The van der Waals surface area contributed by atoms with E-state index in [0.717, 1.165) is 76.3 Å². The van der Waals surface area contributed by atoms with Gasteiger partial charge in [-0.05, 0) is 106 Å². The number of rotatable bonds is 4. The van der Waals surface area contributed by atoms with Gasteiger partial charge in [0.1, 0.15) is 12.4 Å². The molecule has 2 N–H and O–H groups in total. The number of carbonyl (C=O) groups excluding carboxylic acids is 1. The maximum Gasteiger partial charge on any atom is 0.337 e. The maximum atomic E-state index is 13.5. The Morgan fingerprint density at radius 2 is 1.64 bits per heavy atom. The van der Waals surface area contributed by atoms with Crippen LogP contribution >= 0.6 is 0 Å². The van der Waals surface area contributed by atoms with E-state index in [1.54, 1.807) is 0 Å². The third kappa shape index (κ3) is 5.07. The van der Waals surface area contributed by atoms with Gasteiger partial charge in [0, 0.05) is 38.3 Å². The second-order valence-corrected chi connectivity index (χ2v) is 12.0. The summed E-state index contributed by atoms with van der Waals surface area (Å²) in [6, 6.07) is 4.06. The first kappa shape index (κ1) is 27.3. The fourth-order valence-electron chi connectivity index (χ4n) is 6.34. The van der Waals surface area contributed by atoms with Crippen LogP contribution in [-0.4, -0.2) is 58.7 Å². The van der Waals surface area contributed by atoms with Crippen molar-refractivity contribution in [2.45, 2.75) is 85.6 Å². The lowest BCUT2D eigenvalue weighted by Gasteiger charge is -2.31. The number of anilines is 1. The van der Waals surface area contributed by atoms with E-state index in [1.165, 1.54) is 6.42 Å². The van der Waals surface area contributed by atoms with Gasteiger partial charge in [-0.15, -0.1) is 0 Å². The molecule has 0 radical (unpaired) electrons. The summed E-state index contributed by atoms with van der Waals surface area (Å²) in [6.45, 7) is 15.6. The molecule has 0 spiro atoms. The number of hydrogen-bond donors (Lipinski definition) is 2. The monoisotopic (exact) mass is 535 g/mol. The van der Waals surface area contributed by atoms with Crippen molar-refractivity contribution in [3.63, 3.8) is 0 Å². The maximum absolute atomic E-state index is 13.5. The number of carboxylic acid groups (broad SMARTS) is 1. The average molecular weight is 536 g/mol. The highest BCUT2D eigenvalue weighted by Gasteiger charge is 2.38. The van der Waals surface area contributed by atoms with E-state index in [4.69, 9.17) is 9.47 Å². The summed E-state index contributed by atoms with van der Waals surface area (Å²) in [4.78, 5) is 30.2. The first-order valence-corrected chi connectivity index (χ1v) is 14.1. The Hall–Kier alpha value is -3.26. The van der Waals surface area contributed by atoms with Crippen LogP contribution in [0, 0.1) is 20.8 Å². The van der Waals surface area contributed by atoms with Crippen LogP contribution in [0.1, 0.15) is 79.5 Å². The van der Waals surface area contributed by atoms with E-state index in [2.05, 4.69) is 12.2 Å². The molecular weight excluding hydrogens is 494 g/mol. The molecule has 8 heteroatoms. The van der Waals surface area contributed by atoms with Gasteiger partial charge in [-0.2, -0.15) is 0 Å². The van der Waals surface area contributed by atoms with Crippen LogP contribution in [-0.2, 0) is 22.6 Å².